The minimum absolute atomic E-state index is 0.137. The van der Waals surface area contributed by atoms with E-state index in [2.05, 4.69) is 21.2 Å². The van der Waals surface area contributed by atoms with Crippen LogP contribution in [0.15, 0.2) is 28.7 Å². The summed E-state index contributed by atoms with van der Waals surface area (Å²) < 4.78 is 11.2. The largest absolute Gasteiger partial charge is 0.382 e. The van der Waals surface area contributed by atoms with Crippen LogP contribution in [0.4, 0.5) is 0 Å². The predicted molar refractivity (Wildman–Crippen MR) is 73.8 cm³/mol. The van der Waals surface area contributed by atoms with Gasteiger partial charge in [0, 0.05) is 25.2 Å². The van der Waals surface area contributed by atoms with Crippen molar-refractivity contribution in [2.45, 2.75) is 12.5 Å². The van der Waals surface area contributed by atoms with E-state index in [1.54, 1.807) is 20.3 Å². The van der Waals surface area contributed by atoms with Gasteiger partial charge >= 0.3 is 0 Å². The van der Waals surface area contributed by atoms with E-state index >= 15 is 0 Å². The molecule has 0 aliphatic heterocycles. The van der Waals surface area contributed by atoms with Crippen LogP contribution in [0.1, 0.15) is 17.3 Å². The Morgan fingerprint density at radius 2 is 2.06 bits per heavy atom. The van der Waals surface area contributed by atoms with Gasteiger partial charge < -0.3 is 14.8 Å². The number of halogens is 1. The molecule has 5 heteroatoms. The summed E-state index contributed by atoms with van der Waals surface area (Å²) in [5.74, 6) is -0.137. The molecule has 0 saturated heterocycles. The van der Waals surface area contributed by atoms with Crippen LogP contribution in [0.3, 0.4) is 0 Å². The molecule has 0 aliphatic rings. The molecule has 1 amide bonds. The molecular formula is C13H18BrNO3. The van der Waals surface area contributed by atoms with Crippen molar-refractivity contribution in [3.8, 4) is 0 Å². The van der Waals surface area contributed by atoms with Crippen molar-refractivity contribution in [2.75, 3.05) is 27.4 Å². The fraction of sp³-hybridized carbons (Fsp3) is 0.462. The number of carbonyl (C=O) groups is 1. The van der Waals surface area contributed by atoms with E-state index in [1.807, 2.05) is 25.1 Å². The quantitative estimate of drug-likeness (QED) is 0.875. The number of benzene rings is 1. The normalized spacial score (nSPS) is 14.0. The number of amides is 1. The first-order chi connectivity index (χ1) is 8.52. The minimum Gasteiger partial charge on any atom is -0.382 e. The Balaban J connectivity index is 2.64. The summed E-state index contributed by atoms with van der Waals surface area (Å²) in [6.45, 7) is 2.69. The third-order valence-corrected chi connectivity index (χ3v) is 3.38. The summed E-state index contributed by atoms with van der Waals surface area (Å²) in [5.41, 5.74) is 0.0828. The van der Waals surface area contributed by atoms with Crippen LogP contribution in [-0.2, 0) is 9.47 Å². The number of hydrogen-bond donors (Lipinski definition) is 1. The lowest BCUT2D eigenvalue weighted by molar-refractivity contribution is -0.0479. The fourth-order valence-corrected chi connectivity index (χ4v) is 1.96. The molecule has 0 saturated carbocycles. The summed E-state index contributed by atoms with van der Waals surface area (Å²) in [7, 11) is 3.20. The van der Waals surface area contributed by atoms with Crippen molar-refractivity contribution >= 4 is 21.8 Å². The van der Waals surface area contributed by atoms with Crippen molar-refractivity contribution in [3.05, 3.63) is 34.3 Å². The highest BCUT2D eigenvalue weighted by Crippen LogP contribution is 2.16. The van der Waals surface area contributed by atoms with Gasteiger partial charge in [-0.1, -0.05) is 12.1 Å². The summed E-state index contributed by atoms with van der Waals surface area (Å²) in [6.07, 6.45) is 0. The monoisotopic (exact) mass is 315 g/mol. The van der Waals surface area contributed by atoms with Crippen LogP contribution in [-0.4, -0.2) is 38.9 Å². The number of ether oxygens (including phenoxy) is 2. The molecule has 0 aliphatic carbocycles. The number of rotatable bonds is 6. The standard InChI is InChI=1S/C13H18BrNO3/c1-13(18-3,9-17-2)8-15-12(16)10-6-4-5-7-11(10)14/h4-7H,8-9H2,1-3H3,(H,15,16)/t13-/m0/s1. The Kier molecular flexibility index (Phi) is 5.78. The Labute approximate surface area is 116 Å². The third-order valence-electron chi connectivity index (χ3n) is 2.68. The molecule has 1 atom stereocenters. The molecule has 4 nitrogen and oxygen atoms in total. The minimum atomic E-state index is -0.522. The lowest BCUT2D eigenvalue weighted by Gasteiger charge is -2.27. The zero-order valence-corrected chi connectivity index (χ0v) is 12.4. The van der Waals surface area contributed by atoms with Crippen LogP contribution in [0.2, 0.25) is 0 Å². The lowest BCUT2D eigenvalue weighted by atomic mass is 10.1. The van der Waals surface area contributed by atoms with Crippen LogP contribution in [0.25, 0.3) is 0 Å². The van der Waals surface area contributed by atoms with Gasteiger partial charge in [0.15, 0.2) is 0 Å². The van der Waals surface area contributed by atoms with E-state index < -0.39 is 5.60 Å². The Morgan fingerprint density at radius 1 is 1.39 bits per heavy atom. The van der Waals surface area contributed by atoms with Crippen molar-refractivity contribution in [2.24, 2.45) is 0 Å². The van der Waals surface area contributed by atoms with Crippen molar-refractivity contribution in [3.63, 3.8) is 0 Å². The average Bonchev–Trinajstić information content (AvgIpc) is 2.37. The van der Waals surface area contributed by atoms with Crippen molar-refractivity contribution < 1.29 is 14.3 Å². The molecular weight excluding hydrogens is 298 g/mol. The summed E-state index contributed by atoms with van der Waals surface area (Å²) in [5, 5.41) is 2.84. The van der Waals surface area contributed by atoms with Gasteiger partial charge in [-0.3, -0.25) is 4.79 Å². The predicted octanol–water partition coefficient (Wildman–Crippen LogP) is 2.23. The topological polar surface area (TPSA) is 47.6 Å². The molecule has 1 aromatic carbocycles. The van der Waals surface area contributed by atoms with Gasteiger partial charge in [-0.25, -0.2) is 0 Å². The van der Waals surface area contributed by atoms with Crippen molar-refractivity contribution in [1.29, 1.82) is 0 Å². The van der Waals surface area contributed by atoms with Gasteiger partial charge in [-0.15, -0.1) is 0 Å². The van der Waals surface area contributed by atoms with E-state index in [0.717, 1.165) is 4.47 Å². The molecule has 1 N–H and O–H groups in total. The molecule has 100 valence electrons. The fourth-order valence-electron chi connectivity index (χ4n) is 1.50. The molecule has 0 unspecified atom stereocenters. The van der Waals surface area contributed by atoms with Crippen LogP contribution < -0.4 is 5.32 Å². The second-order valence-corrected chi connectivity index (χ2v) is 5.10. The summed E-state index contributed by atoms with van der Waals surface area (Å²) in [6, 6.07) is 7.29. The molecule has 1 aromatic rings. The maximum Gasteiger partial charge on any atom is 0.252 e. The van der Waals surface area contributed by atoms with E-state index in [0.29, 0.717) is 18.7 Å². The zero-order valence-electron chi connectivity index (χ0n) is 10.8. The van der Waals surface area contributed by atoms with Gasteiger partial charge in [0.25, 0.3) is 5.91 Å². The number of carbonyl (C=O) groups excluding carboxylic acids is 1. The molecule has 0 spiro atoms. The van der Waals surface area contributed by atoms with Crippen LogP contribution >= 0.6 is 15.9 Å². The molecule has 0 fully saturated rings. The smallest absolute Gasteiger partial charge is 0.252 e. The van der Waals surface area contributed by atoms with E-state index in [1.165, 1.54) is 0 Å². The van der Waals surface area contributed by atoms with Crippen molar-refractivity contribution in [1.82, 2.24) is 5.32 Å². The van der Waals surface area contributed by atoms with E-state index in [4.69, 9.17) is 9.47 Å². The van der Waals surface area contributed by atoms with Gasteiger partial charge in [0.1, 0.15) is 5.60 Å². The Morgan fingerprint density at radius 3 is 2.61 bits per heavy atom. The van der Waals surface area contributed by atoms with E-state index in [9.17, 15) is 4.79 Å². The first-order valence-electron chi connectivity index (χ1n) is 5.59. The molecule has 0 heterocycles. The molecule has 0 aromatic heterocycles. The van der Waals surface area contributed by atoms with Gasteiger partial charge in [-0.05, 0) is 35.0 Å². The van der Waals surface area contributed by atoms with Gasteiger partial charge in [0.05, 0.1) is 12.2 Å². The number of methoxy groups -OCH3 is 2. The highest BCUT2D eigenvalue weighted by atomic mass is 79.9. The molecule has 1 rings (SSSR count). The second kappa shape index (κ2) is 6.87. The number of nitrogens with one attached hydrogen (secondary N) is 1. The summed E-state index contributed by atoms with van der Waals surface area (Å²) >= 11 is 3.35. The highest BCUT2D eigenvalue weighted by Gasteiger charge is 2.24. The third kappa shape index (κ3) is 4.08. The van der Waals surface area contributed by atoms with Crippen LogP contribution in [0.5, 0.6) is 0 Å². The van der Waals surface area contributed by atoms with E-state index in [-0.39, 0.29) is 5.91 Å². The summed E-state index contributed by atoms with van der Waals surface area (Å²) in [4.78, 5) is 12.0. The maximum atomic E-state index is 12.0. The molecule has 18 heavy (non-hydrogen) atoms. The Hall–Kier alpha value is -0.910. The number of hydrogen-bond acceptors (Lipinski definition) is 3. The Bertz CT molecular complexity index is 411. The van der Waals surface area contributed by atoms with Gasteiger partial charge in [0.2, 0.25) is 0 Å². The highest BCUT2D eigenvalue weighted by molar-refractivity contribution is 9.10. The zero-order chi connectivity index (χ0) is 13.6. The van der Waals surface area contributed by atoms with Gasteiger partial charge in [-0.2, -0.15) is 0 Å². The second-order valence-electron chi connectivity index (χ2n) is 4.25. The first-order valence-corrected chi connectivity index (χ1v) is 6.38. The van der Waals surface area contributed by atoms with Crippen LogP contribution in [0, 0.1) is 0 Å². The molecule has 0 radical (unpaired) electrons. The SMILES string of the molecule is COC[C@](C)(CNC(=O)c1ccccc1Br)OC. The first kappa shape index (κ1) is 15.1. The lowest BCUT2D eigenvalue weighted by Crippen LogP contribution is -2.45. The maximum absolute atomic E-state index is 12.0. The average molecular weight is 316 g/mol. The molecule has 0 bridgehead atoms.